The lowest BCUT2D eigenvalue weighted by atomic mass is 9.74. The summed E-state index contributed by atoms with van der Waals surface area (Å²) in [7, 11) is 0. The van der Waals surface area contributed by atoms with Crippen molar-refractivity contribution in [2.24, 2.45) is 17.8 Å². The van der Waals surface area contributed by atoms with Gasteiger partial charge in [0.2, 0.25) is 0 Å². The van der Waals surface area contributed by atoms with E-state index in [9.17, 15) is 0 Å². The van der Waals surface area contributed by atoms with Gasteiger partial charge in [-0.25, -0.2) is 0 Å². The molecular weight excluding hydrogens is 637 g/mol. The number of allylic oxidation sites excluding steroid dienone is 16. The third kappa shape index (κ3) is 5.01. The lowest BCUT2D eigenvalue weighted by molar-refractivity contribution is 0.0987. The Morgan fingerprint density at radius 3 is 2.57 bits per heavy atom. The number of fused-ring (bicyclic) bond motifs is 8. The van der Waals surface area contributed by atoms with Crippen LogP contribution in [0.4, 0.5) is 0 Å². The highest BCUT2D eigenvalue weighted by Crippen LogP contribution is 2.56. The molecule has 1 aromatic rings. The Labute approximate surface area is 309 Å². The number of nitrogens with zero attached hydrogens (tertiary/aromatic N) is 2. The Morgan fingerprint density at radius 2 is 1.65 bits per heavy atom. The topological polar surface area (TPSA) is 6.48 Å². The van der Waals surface area contributed by atoms with Gasteiger partial charge in [0.15, 0.2) is 0 Å². The van der Waals surface area contributed by atoms with E-state index in [2.05, 4.69) is 137 Å². The minimum absolute atomic E-state index is 0.422. The SMILES string of the molecule is C1=CCCC(C2=CCC(N3C4=CC=C(C5=CC6C7C=CCCC7N(C7CC=CC8c9ccccc9SC87)C6CC5)CC4C4=C3CCC=C4)C=C2)=C1. The Balaban J connectivity index is 0.878. The minimum atomic E-state index is 0.422. The van der Waals surface area contributed by atoms with Crippen molar-refractivity contribution in [3.8, 4) is 0 Å². The van der Waals surface area contributed by atoms with Crippen molar-refractivity contribution in [3.63, 3.8) is 0 Å². The van der Waals surface area contributed by atoms with Crippen LogP contribution in [0.2, 0.25) is 0 Å². The van der Waals surface area contributed by atoms with Crippen LogP contribution in [0.5, 0.6) is 0 Å². The van der Waals surface area contributed by atoms with Gasteiger partial charge in [-0.05, 0) is 116 Å². The number of benzene rings is 1. The zero-order valence-electron chi connectivity index (χ0n) is 29.7. The number of thioether (sulfide) groups is 1. The molecule has 51 heavy (non-hydrogen) atoms. The van der Waals surface area contributed by atoms with E-state index >= 15 is 0 Å². The molecule has 9 atom stereocenters. The van der Waals surface area contributed by atoms with E-state index in [0.717, 1.165) is 19.3 Å². The van der Waals surface area contributed by atoms with Gasteiger partial charge in [-0.3, -0.25) is 4.90 Å². The van der Waals surface area contributed by atoms with E-state index in [4.69, 9.17) is 0 Å². The molecule has 258 valence electrons. The first kappa shape index (κ1) is 31.0. The van der Waals surface area contributed by atoms with Crippen molar-refractivity contribution < 1.29 is 0 Å². The van der Waals surface area contributed by atoms with Gasteiger partial charge >= 0.3 is 0 Å². The second-order valence-corrected chi connectivity index (χ2v) is 17.8. The van der Waals surface area contributed by atoms with Crippen molar-refractivity contribution >= 4 is 11.8 Å². The van der Waals surface area contributed by atoms with Gasteiger partial charge in [-0.15, -0.1) is 11.8 Å². The largest absolute Gasteiger partial charge is 0.341 e. The number of hydrogen-bond acceptors (Lipinski definition) is 3. The van der Waals surface area contributed by atoms with Gasteiger partial charge < -0.3 is 4.90 Å². The third-order valence-corrected chi connectivity index (χ3v) is 15.6. The molecule has 0 N–H and O–H groups in total. The van der Waals surface area contributed by atoms with Crippen LogP contribution in [0.15, 0.2) is 160 Å². The summed E-state index contributed by atoms with van der Waals surface area (Å²) in [5, 5.41) is 0.645. The molecule has 9 unspecified atom stereocenters. The van der Waals surface area contributed by atoms with Crippen molar-refractivity contribution in [2.45, 2.75) is 111 Å². The number of hydrogen-bond donors (Lipinski definition) is 0. The van der Waals surface area contributed by atoms with Gasteiger partial charge in [-0.1, -0.05) is 103 Å². The third-order valence-electron chi connectivity index (χ3n) is 14.1. The highest BCUT2D eigenvalue weighted by Gasteiger charge is 2.54. The Morgan fingerprint density at radius 1 is 0.706 bits per heavy atom. The molecule has 11 rings (SSSR count). The normalized spacial score (nSPS) is 37.5. The lowest BCUT2D eigenvalue weighted by Gasteiger charge is -2.44. The van der Waals surface area contributed by atoms with Crippen LogP contribution in [-0.4, -0.2) is 39.2 Å². The highest BCUT2D eigenvalue weighted by molar-refractivity contribution is 8.00. The molecule has 0 saturated carbocycles. The molecule has 3 aliphatic heterocycles. The molecule has 1 fully saturated rings. The molecule has 10 aliphatic rings. The molecule has 1 aromatic carbocycles. The molecule has 7 aliphatic carbocycles. The number of likely N-dealkylation sites (tertiary alicyclic amines) is 1. The molecule has 2 nitrogen and oxygen atoms in total. The Hall–Kier alpha value is -3.53. The van der Waals surface area contributed by atoms with Gasteiger partial charge in [0, 0.05) is 63.3 Å². The van der Waals surface area contributed by atoms with E-state index in [0.29, 0.717) is 53.1 Å². The molecule has 0 spiro atoms. The zero-order valence-corrected chi connectivity index (χ0v) is 30.6. The second kappa shape index (κ2) is 12.6. The van der Waals surface area contributed by atoms with E-state index < -0.39 is 0 Å². The van der Waals surface area contributed by atoms with Crippen LogP contribution < -0.4 is 0 Å². The van der Waals surface area contributed by atoms with Crippen LogP contribution in [0.3, 0.4) is 0 Å². The summed E-state index contributed by atoms with van der Waals surface area (Å²) in [6, 6.07) is 11.6. The van der Waals surface area contributed by atoms with Crippen LogP contribution >= 0.6 is 11.8 Å². The van der Waals surface area contributed by atoms with Crippen LogP contribution in [0, 0.1) is 17.8 Å². The van der Waals surface area contributed by atoms with Crippen LogP contribution in [-0.2, 0) is 0 Å². The predicted octanol–water partition coefficient (Wildman–Crippen LogP) is 11.2. The first-order chi connectivity index (χ1) is 25.3. The van der Waals surface area contributed by atoms with Crippen molar-refractivity contribution in [1.29, 1.82) is 0 Å². The molecule has 3 heterocycles. The average Bonchev–Trinajstić information content (AvgIpc) is 3.86. The average molecular weight is 687 g/mol. The summed E-state index contributed by atoms with van der Waals surface area (Å²) < 4.78 is 0. The molecular formula is C48H50N2S. The standard InChI is InChI=1S/C48H50N2S/c1-2-11-31(12-3-1)32-21-25-35(26-22-32)49-42-17-7-4-13-36(42)40-29-33(23-27-44(40)49)34-24-28-45-41(30-34)37-14-5-8-18-43(37)50(45)46-19-10-16-39-38-15-6-9-20-47(38)51-48(39)46/h1-2,4-6,9-11,13-16,20-23,25,27,30,35,37,39-41,43,45-46,48H,3,7-8,12,17-19,24,26,28-29H2. The highest BCUT2D eigenvalue weighted by atomic mass is 32.2. The quantitative estimate of drug-likeness (QED) is 0.291. The number of rotatable bonds is 4. The molecule has 0 bridgehead atoms. The van der Waals surface area contributed by atoms with Gasteiger partial charge in [-0.2, -0.15) is 0 Å². The lowest BCUT2D eigenvalue weighted by Crippen LogP contribution is -2.52. The second-order valence-electron chi connectivity index (χ2n) is 16.6. The fourth-order valence-electron chi connectivity index (χ4n) is 11.9. The molecule has 0 aromatic heterocycles. The summed E-state index contributed by atoms with van der Waals surface area (Å²) in [5.74, 6) is 2.35. The molecule has 1 saturated heterocycles. The van der Waals surface area contributed by atoms with E-state index in [1.165, 1.54) is 67.4 Å². The maximum Gasteiger partial charge on any atom is 0.0554 e. The fourth-order valence-corrected chi connectivity index (χ4v) is 13.5. The summed E-state index contributed by atoms with van der Waals surface area (Å²) in [5.41, 5.74) is 12.5. The minimum Gasteiger partial charge on any atom is -0.341 e. The first-order valence-electron chi connectivity index (χ1n) is 20.2. The van der Waals surface area contributed by atoms with Gasteiger partial charge in [0.25, 0.3) is 0 Å². The van der Waals surface area contributed by atoms with Crippen LogP contribution in [0.1, 0.15) is 82.1 Å². The van der Waals surface area contributed by atoms with E-state index in [1.807, 2.05) is 0 Å². The van der Waals surface area contributed by atoms with Crippen molar-refractivity contribution in [3.05, 3.63) is 160 Å². The predicted molar refractivity (Wildman–Crippen MR) is 212 cm³/mol. The monoisotopic (exact) mass is 686 g/mol. The summed E-state index contributed by atoms with van der Waals surface area (Å²) in [4.78, 5) is 7.39. The van der Waals surface area contributed by atoms with Crippen LogP contribution in [0.25, 0.3) is 0 Å². The fraction of sp³-hybridized carbons (Fsp3) is 0.417. The maximum absolute atomic E-state index is 3.11. The van der Waals surface area contributed by atoms with Gasteiger partial charge in [0.1, 0.15) is 0 Å². The Kier molecular flexibility index (Phi) is 7.64. The smallest absolute Gasteiger partial charge is 0.0554 e. The van der Waals surface area contributed by atoms with Crippen molar-refractivity contribution in [2.75, 3.05) is 0 Å². The Bertz CT molecular complexity index is 1990. The summed E-state index contributed by atoms with van der Waals surface area (Å²) >= 11 is 2.18. The van der Waals surface area contributed by atoms with Gasteiger partial charge in [0.05, 0.1) is 6.04 Å². The molecule has 3 heteroatoms. The molecule has 0 radical (unpaired) electrons. The van der Waals surface area contributed by atoms with Crippen molar-refractivity contribution in [1.82, 2.24) is 9.80 Å². The zero-order chi connectivity index (χ0) is 33.5. The maximum atomic E-state index is 3.11. The summed E-state index contributed by atoms with van der Waals surface area (Å²) in [6.45, 7) is 0. The first-order valence-corrected chi connectivity index (χ1v) is 21.1. The van der Waals surface area contributed by atoms with E-state index in [1.54, 1.807) is 33.7 Å². The summed E-state index contributed by atoms with van der Waals surface area (Å²) in [6.07, 6.45) is 50.6. The molecule has 0 amide bonds. The van der Waals surface area contributed by atoms with E-state index in [-0.39, 0.29) is 0 Å².